The van der Waals surface area contributed by atoms with Gasteiger partial charge in [0.2, 0.25) is 0 Å². The van der Waals surface area contributed by atoms with Crippen molar-refractivity contribution in [2.45, 2.75) is 31.8 Å². The molecule has 0 aromatic heterocycles. The molecule has 2 rings (SSSR count). The van der Waals surface area contributed by atoms with Crippen LogP contribution in [0.3, 0.4) is 0 Å². The lowest BCUT2D eigenvalue weighted by Crippen LogP contribution is -2.37. The summed E-state index contributed by atoms with van der Waals surface area (Å²) in [6.45, 7) is 1.54. The number of hydrogen-bond donors (Lipinski definition) is 2. The Bertz CT molecular complexity index is 557. The molecule has 1 aromatic rings. The number of nitrogens with one attached hydrogen (secondary N) is 1. The molecule has 0 unspecified atom stereocenters. The van der Waals surface area contributed by atoms with Crippen LogP contribution in [-0.4, -0.2) is 46.6 Å². The molecule has 0 saturated heterocycles. The van der Waals surface area contributed by atoms with E-state index in [9.17, 15) is 14.9 Å². The van der Waals surface area contributed by atoms with Gasteiger partial charge in [0.15, 0.2) is 0 Å². The van der Waals surface area contributed by atoms with E-state index in [2.05, 4.69) is 5.32 Å². The van der Waals surface area contributed by atoms with E-state index in [1.807, 2.05) is 0 Å². The molecular formula is C14H19N3O4. The maximum Gasteiger partial charge on any atom is 0.293 e. The smallest absolute Gasteiger partial charge is 0.293 e. The molecule has 2 N–H and O–H groups in total. The number of likely N-dealkylation sites (N-methyl/N-ethyl adjacent to an activating group) is 1. The Balaban J connectivity index is 2.26. The molecule has 21 heavy (non-hydrogen) atoms. The molecule has 1 aliphatic carbocycles. The largest absolute Gasteiger partial charge is 0.394 e. The number of anilines is 1. The van der Waals surface area contributed by atoms with Gasteiger partial charge in [0.05, 0.1) is 17.6 Å². The van der Waals surface area contributed by atoms with Gasteiger partial charge in [-0.3, -0.25) is 14.9 Å². The lowest BCUT2D eigenvalue weighted by atomic mass is 10.1. The number of aliphatic hydroxyl groups excluding tert-OH is 1. The molecule has 1 fully saturated rings. The number of carbonyl (C=O) groups is 1. The Labute approximate surface area is 122 Å². The van der Waals surface area contributed by atoms with Crippen molar-refractivity contribution in [3.63, 3.8) is 0 Å². The van der Waals surface area contributed by atoms with Gasteiger partial charge in [-0.1, -0.05) is 0 Å². The van der Waals surface area contributed by atoms with Crippen LogP contribution in [0.1, 0.15) is 30.1 Å². The highest BCUT2D eigenvalue weighted by Crippen LogP contribution is 2.31. The summed E-state index contributed by atoms with van der Waals surface area (Å²) < 4.78 is 0. The van der Waals surface area contributed by atoms with Crippen LogP contribution in [0.5, 0.6) is 0 Å². The van der Waals surface area contributed by atoms with Crippen LogP contribution in [0.2, 0.25) is 0 Å². The molecule has 1 aliphatic rings. The summed E-state index contributed by atoms with van der Waals surface area (Å²) >= 11 is 0. The SMILES string of the molecule is C[C@H](CO)N(C)C(=O)c1ccc(NC2CC2)c([N+](=O)[O-])c1. The first-order chi connectivity index (χ1) is 9.93. The molecule has 1 saturated carbocycles. The third-order valence-corrected chi connectivity index (χ3v) is 3.62. The van der Waals surface area contributed by atoms with Crippen LogP contribution in [0.25, 0.3) is 0 Å². The van der Waals surface area contributed by atoms with Gasteiger partial charge in [-0.05, 0) is 31.9 Å². The molecule has 0 heterocycles. The van der Waals surface area contributed by atoms with E-state index in [0.717, 1.165) is 12.8 Å². The molecular weight excluding hydrogens is 274 g/mol. The number of amides is 1. The summed E-state index contributed by atoms with van der Waals surface area (Å²) in [6.07, 6.45) is 2.02. The second-order valence-corrected chi connectivity index (χ2v) is 5.36. The predicted molar refractivity (Wildman–Crippen MR) is 78.4 cm³/mol. The first kappa shape index (κ1) is 15.2. The van der Waals surface area contributed by atoms with E-state index in [1.54, 1.807) is 26.1 Å². The number of carbonyl (C=O) groups excluding carboxylic acids is 1. The molecule has 114 valence electrons. The number of rotatable bonds is 6. The molecule has 7 heteroatoms. The van der Waals surface area contributed by atoms with Gasteiger partial charge in [-0.15, -0.1) is 0 Å². The van der Waals surface area contributed by atoms with E-state index in [1.165, 1.54) is 11.0 Å². The number of nitro groups is 1. The Morgan fingerprint density at radius 3 is 2.76 bits per heavy atom. The van der Waals surface area contributed by atoms with Crippen molar-refractivity contribution < 1.29 is 14.8 Å². The van der Waals surface area contributed by atoms with Gasteiger partial charge >= 0.3 is 0 Å². The van der Waals surface area contributed by atoms with Gasteiger partial charge in [0.1, 0.15) is 5.69 Å². The van der Waals surface area contributed by atoms with Crippen LogP contribution in [-0.2, 0) is 0 Å². The Morgan fingerprint density at radius 1 is 1.57 bits per heavy atom. The molecule has 0 bridgehead atoms. The van der Waals surface area contributed by atoms with Crippen molar-refractivity contribution in [2.75, 3.05) is 19.0 Å². The normalized spacial score (nSPS) is 15.4. The predicted octanol–water partition coefficient (Wildman–Crippen LogP) is 1.62. The standard InChI is InChI=1S/C14H19N3O4/c1-9(8-18)16(2)14(19)10-3-6-12(15-11-4-5-11)13(7-10)17(20)21/h3,6-7,9,11,15,18H,4-5,8H2,1-2H3/t9-/m1/s1. The number of nitrogens with zero attached hydrogens (tertiary/aromatic N) is 2. The monoisotopic (exact) mass is 293 g/mol. The zero-order valence-corrected chi connectivity index (χ0v) is 12.1. The molecule has 0 aliphatic heterocycles. The van der Waals surface area contributed by atoms with Gasteiger partial charge in [-0.25, -0.2) is 0 Å². The van der Waals surface area contributed by atoms with E-state index in [0.29, 0.717) is 11.7 Å². The summed E-state index contributed by atoms with van der Waals surface area (Å²) in [6, 6.07) is 4.37. The minimum atomic E-state index is -0.489. The third-order valence-electron chi connectivity index (χ3n) is 3.62. The highest BCUT2D eigenvalue weighted by atomic mass is 16.6. The number of aliphatic hydroxyl groups is 1. The fraction of sp³-hybridized carbons (Fsp3) is 0.500. The van der Waals surface area contributed by atoms with Gasteiger partial charge in [-0.2, -0.15) is 0 Å². The molecule has 1 aromatic carbocycles. The highest BCUT2D eigenvalue weighted by molar-refractivity contribution is 5.95. The summed E-state index contributed by atoms with van der Waals surface area (Å²) in [7, 11) is 1.56. The lowest BCUT2D eigenvalue weighted by molar-refractivity contribution is -0.384. The number of nitro benzene ring substituents is 1. The van der Waals surface area contributed by atoms with E-state index >= 15 is 0 Å². The summed E-state index contributed by atoms with van der Waals surface area (Å²) in [5, 5.41) is 23.3. The fourth-order valence-electron chi connectivity index (χ4n) is 1.91. The van der Waals surface area contributed by atoms with Gasteiger partial charge < -0.3 is 15.3 Å². The van der Waals surface area contributed by atoms with E-state index in [-0.39, 0.29) is 29.8 Å². The van der Waals surface area contributed by atoms with Crippen molar-refractivity contribution in [3.8, 4) is 0 Å². The quantitative estimate of drug-likeness (QED) is 0.614. The van der Waals surface area contributed by atoms with E-state index in [4.69, 9.17) is 5.11 Å². The molecule has 1 atom stereocenters. The van der Waals surface area contributed by atoms with E-state index < -0.39 is 4.92 Å². The van der Waals surface area contributed by atoms with Crippen molar-refractivity contribution in [1.82, 2.24) is 4.90 Å². The minimum absolute atomic E-state index is 0.0993. The number of hydrogen-bond acceptors (Lipinski definition) is 5. The average molecular weight is 293 g/mol. The minimum Gasteiger partial charge on any atom is -0.394 e. The van der Waals surface area contributed by atoms with Gasteiger partial charge in [0, 0.05) is 24.7 Å². The number of benzene rings is 1. The zero-order valence-electron chi connectivity index (χ0n) is 12.1. The van der Waals surface area contributed by atoms with Crippen LogP contribution in [0.15, 0.2) is 18.2 Å². The maximum absolute atomic E-state index is 12.2. The second kappa shape index (κ2) is 6.09. The van der Waals surface area contributed by atoms with Crippen molar-refractivity contribution in [3.05, 3.63) is 33.9 Å². The topological polar surface area (TPSA) is 95.7 Å². The highest BCUT2D eigenvalue weighted by Gasteiger charge is 2.26. The summed E-state index contributed by atoms with van der Waals surface area (Å²) in [5.41, 5.74) is 0.584. The average Bonchev–Trinajstić information content (AvgIpc) is 3.29. The zero-order chi connectivity index (χ0) is 15.6. The van der Waals surface area contributed by atoms with Crippen LogP contribution < -0.4 is 5.32 Å². The summed E-state index contributed by atoms with van der Waals surface area (Å²) in [5.74, 6) is -0.349. The van der Waals surface area contributed by atoms with Crippen molar-refractivity contribution in [2.24, 2.45) is 0 Å². The Morgan fingerprint density at radius 2 is 2.24 bits per heavy atom. The lowest BCUT2D eigenvalue weighted by Gasteiger charge is -2.23. The Hall–Kier alpha value is -2.15. The maximum atomic E-state index is 12.2. The third kappa shape index (κ3) is 3.49. The second-order valence-electron chi connectivity index (χ2n) is 5.36. The van der Waals surface area contributed by atoms with Gasteiger partial charge in [0.25, 0.3) is 11.6 Å². The first-order valence-corrected chi connectivity index (χ1v) is 6.87. The molecule has 0 spiro atoms. The Kier molecular flexibility index (Phi) is 4.42. The van der Waals surface area contributed by atoms with Crippen molar-refractivity contribution >= 4 is 17.3 Å². The molecule has 7 nitrogen and oxygen atoms in total. The summed E-state index contributed by atoms with van der Waals surface area (Å²) in [4.78, 5) is 24.3. The van der Waals surface area contributed by atoms with Crippen molar-refractivity contribution in [1.29, 1.82) is 0 Å². The van der Waals surface area contributed by atoms with Crippen LogP contribution >= 0.6 is 0 Å². The van der Waals surface area contributed by atoms with Crippen LogP contribution in [0.4, 0.5) is 11.4 Å². The fourth-order valence-corrected chi connectivity index (χ4v) is 1.91. The molecule has 0 radical (unpaired) electrons. The first-order valence-electron chi connectivity index (χ1n) is 6.87. The van der Waals surface area contributed by atoms with Crippen LogP contribution in [0, 0.1) is 10.1 Å². The molecule has 1 amide bonds.